The second kappa shape index (κ2) is 5.53. The summed E-state index contributed by atoms with van der Waals surface area (Å²) in [4.78, 5) is 12.1. The Bertz CT molecular complexity index is 569. The number of rotatable bonds is 4. The standard InChI is InChI=1S/C13H14FN3O2/c1-8(11-6-3-7-19-11)16-13(18)9-4-2-5-10(14)12(9)17-15/h2-8,17H,15H2,1H3,(H,16,18). The number of para-hydroxylation sites is 1. The van der Waals surface area contributed by atoms with Crippen LogP contribution >= 0.6 is 0 Å². The fourth-order valence-corrected chi connectivity index (χ4v) is 1.74. The summed E-state index contributed by atoms with van der Waals surface area (Å²) in [7, 11) is 0. The van der Waals surface area contributed by atoms with Crippen LogP contribution < -0.4 is 16.6 Å². The van der Waals surface area contributed by atoms with Gasteiger partial charge in [-0.1, -0.05) is 6.07 Å². The smallest absolute Gasteiger partial charge is 0.254 e. The SMILES string of the molecule is CC(NC(=O)c1cccc(F)c1NN)c1ccco1. The van der Waals surface area contributed by atoms with Crippen LogP contribution in [-0.2, 0) is 0 Å². The number of hydrazine groups is 1. The first-order valence-corrected chi connectivity index (χ1v) is 5.73. The minimum absolute atomic E-state index is 0.0355. The second-order valence-electron chi connectivity index (χ2n) is 4.02. The summed E-state index contributed by atoms with van der Waals surface area (Å²) in [5.41, 5.74) is 2.30. The van der Waals surface area contributed by atoms with Crippen LogP contribution in [0.15, 0.2) is 41.0 Å². The molecule has 0 saturated carbocycles. The van der Waals surface area contributed by atoms with Crippen molar-refractivity contribution in [3.8, 4) is 0 Å². The third-order valence-corrected chi connectivity index (χ3v) is 2.72. The fraction of sp³-hybridized carbons (Fsp3) is 0.154. The molecule has 1 heterocycles. The van der Waals surface area contributed by atoms with Crippen LogP contribution in [0, 0.1) is 5.82 Å². The van der Waals surface area contributed by atoms with Gasteiger partial charge in [0.1, 0.15) is 11.6 Å². The van der Waals surface area contributed by atoms with Crippen LogP contribution in [0.3, 0.4) is 0 Å². The molecule has 100 valence electrons. The predicted octanol–water partition coefficient (Wildman–Crippen LogP) is 2.20. The molecule has 0 aliphatic heterocycles. The average molecular weight is 263 g/mol. The van der Waals surface area contributed by atoms with Crippen molar-refractivity contribution in [2.45, 2.75) is 13.0 Å². The Labute approximate surface area is 109 Å². The Morgan fingerprint density at radius 1 is 1.37 bits per heavy atom. The molecule has 2 rings (SSSR count). The van der Waals surface area contributed by atoms with Crippen molar-refractivity contribution in [3.05, 3.63) is 53.7 Å². The molecular formula is C13H14FN3O2. The third-order valence-electron chi connectivity index (χ3n) is 2.72. The zero-order chi connectivity index (χ0) is 13.8. The summed E-state index contributed by atoms with van der Waals surface area (Å²) in [5, 5.41) is 2.71. The van der Waals surface area contributed by atoms with Crippen molar-refractivity contribution >= 4 is 11.6 Å². The van der Waals surface area contributed by atoms with Crippen molar-refractivity contribution < 1.29 is 13.6 Å². The maximum atomic E-state index is 13.5. The van der Waals surface area contributed by atoms with Gasteiger partial charge in [0.2, 0.25) is 0 Å². The number of benzene rings is 1. The van der Waals surface area contributed by atoms with Gasteiger partial charge in [0.05, 0.1) is 23.6 Å². The normalized spacial score (nSPS) is 11.9. The fourth-order valence-electron chi connectivity index (χ4n) is 1.74. The number of halogens is 1. The largest absolute Gasteiger partial charge is 0.467 e. The average Bonchev–Trinajstić information content (AvgIpc) is 2.92. The number of furan rings is 1. The molecule has 1 aromatic heterocycles. The van der Waals surface area contributed by atoms with Crippen LogP contribution in [0.5, 0.6) is 0 Å². The molecule has 19 heavy (non-hydrogen) atoms. The van der Waals surface area contributed by atoms with E-state index in [0.29, 0.717) is 5.76 Å². The number of nitrogens with two attached hydrogens (primary N) is 1. The quantitative estimate of drug-likeness (QED) is 0.583. The lowest BCUT2D eigenvalue weighted by molar-refractivity contribution is 0.0936. The molecular weight excluding hydrogens is 249 g/mol. The number of anilines is 1. The summed E-state index contributed by atoms with van der Waals surface area (Å²) in [6, 6.07) is 7.31. The lowest BCUT2D eigenvalue weighted by Crippen LogP contribution is -2.28. The minimum atomic E-state index is -0.583. The van der Waals surface area contributed by atoms with Crippen LogP contribution in [0.25, 0.3) is 0 Å². The first-order valence-electron chi connectivity index (χ1n) is 5.73. The molecule has 1 aromatic carbocycles. The summed E-state index contributed by atoms with van der Waals surface area (Å²) in [6.45, 7) is 1.77. The van der Waals surface area contributed by atoms with Crippen molar-refractivity contribution in [3.63, 3.8) is 0 Å². The van der Waals surface area contributed by atoms with Gasteiger partial charge in [0.25, 0.3) is 5.91 Å². The van der Waals surface area contributed by atoms with E-state index in [0.717, 1.165) is 0 Å². The molecule has 5 nitrogen and oxygen atoms in total. The maximum Gasteiger partial charge on any atom is 0.254 e. The Morgan fingerprint density at radius 2 is 2.16 bits per heavy atom. The molecule has 2 aromatic rings. The topological polar surface area (TPSA) is 80.3 Å². The maximum absolute atomic E-state index is 13.5. The second-order valence-corrected chi connectivity index (χ2v) is 4.02. The van der Waals surface area contributed by atoms with E-state index < -0.39 is 11.7 Å². The van der Waals surface area contributed by atoms with Gasteiger partial charge >= 0.3 is 0 Å². The van der Waals surface area contributed by atoms with Crippen molar-refractivity contribution in [1.29, 1.82) is 0 Å². The number of nitrogen functional groups attached to an aromatic ring is 1. The van der Waals surface area contributed by atoms with Gasteiger partial charge in [-0.25, -0.2) is 4.39 Å². The molecule has 1 unspecified atom stereocenters. The zero-order valence-electron chi connectivity index (χ0n) is 10.3. The highest BCUT2D eigenvalue weighted by molar-refractivity contribution is 5.99. The van der Waals surface area contributed by atoms with Crippen LogP contribution in [0.1, 0.15) is 29.1 Å². The lowest BCUT2D eigenvalue weighted by atomic mass is 10.1. The van der Waals surface area contributed by atoms with Gasteiger partial charge in [0, 0.05) is 0 Å². The molecule has 0 aliphatic rings. The number of hydrogen-bond donors (Lipinski definition) is 3. The molecule has 4 N–H and O–H groups in total. The molecule has 0 bridgehead atoms. The molecule has 6 heteroatoms. The third kappa shape index (κ3) is 2.74. The number of amides is 1. The summed E-state index contributed by atoms with van der Waals surface area (Å²) < 4.78 is 18.7. The van der Waals surface area contributed by atoms with Gasteiger partial charge < -0.3 is 15.2 Å². The van der Waals surface area contributed by atoms with Crippen molar-refractivity contribution in [2.75, 3.05) is 5.43 Å². The highest BCUT2D eigenvalue weighted by Gasteiger charge is 2.17. The van der Waals surface area contributed by atoms with Crippen molar-refractivity contribution in [1.82, 2.24) is 5.32 Å². The number of nitrogens with one attached hydrogen (secondary N) is 2. The van der Waals surface area contributed by atoms with E-state index in [1.54, 1.807) is 19.1 Å². The molecule has 0 fully saturated rings. The molecule has 0 spiro atoms. The van der Waals surface area contributed by atoms with Crippen LogP contribution in [0.4, 0.5) is 10.1 Å². The van der Waals surface area contributed by atoms with Gasteiger partial charge in [-0.3, -0.25) is 10.6 Å². The lowest BCUT2D eigenvalue weighted by Gasteiger charge is -2.14. The first-order chi connectivity index (χ1) is 9.13. The zero-order valence-corrected chi connectivity index (χ0v) is 10.3. The minimum Gasteiger partial charge on any atom is -0.467 e. The highest BCUT2D eigenvalue weighted by Crippen LogP contribution is 2.20. The first kappa shape index (κ1) is 13.1. The van der Waals surface area contributed by atoms with E-state index in [2.05, 4.69) is 10.7 Å². The summed E-state index contributed by atoms with van der Waals surface area (Å²) in [5.74, 6) is 4.83. The molecule has 0 saturated heterocycles. The van der Waals surface area contributed by atoms with Gasteiger partial charge in [-0.2, -0.15) is 0 Å². The van der Waals surface area contributed by atoms with Crippen LogP contribution in [-0.4, -0.2) is 5.91 Å². The van der Waals surface area contributed by atoms with E-state index in [1.165, 1.54) is 24.5 Å². The molecule has 0 aliphatic carbocycles. The van der Waals surface area contributed by atoms with Gasteiger partial charge in [-0.05, 0) is 31.2 Å². The molecule has 0 radical (unpaired) electrons. The van der Waals surface area contributed by atoms with E-state index in [1.807, 2.05) is 0 Å². The monoisotopic (exact) mass is 263 g/mol. The van der Waals surface area contributed by atoms with E-state index in [9.17, 15) is 9.18 Å². The Kier molecular flexibility index (Phi) is 3.82. The number of carbonyl (C=O) groups excluding carboxylic acids is 1. The highest BCUT2D eigenvalue weighted by atomic mass is 19.1. The van der Waals surface area contributed by atoms with Crippen LogP contribution in [0.2, 0.25) is 0 Å². The van der Waals surface area contributed by atoms with E-state index in [4.69, 9.17) is 10.3 Å². The van der Waals surface area contributed by atoms with Crippen molar-refractivity contribution in [2.24, 2.45) is 5.84 Å². The molecule has 1 amide bonds. The van der Waals surface area contributed by atoms with E-state index in [-0.39, 0.29) is 17.3 Å². The predicted molar refractivity (Wildman–Crippen MR) is 68.8 cm³/mol. The Hall–Kier alpha value is -2.34. The van der Waals surface area contributed by atoms with Gasteiger partial charge in [-0.15, -0.1) is 0 Å². The Balaban J connectivity index is 2.19. The molecule has 1 atom stereocenters. The summed E-state index contributed by atoms with van der Waals surface area (Å²) in [6.07, 6.45) is 1.52. The summed E-state index contributed by atoms with van der Waals surface area (Å²) >= 11 is 0. The van der Waals surface area contributed by atoms with Gasteiger partial charge in [0.15, 0.2) is 0 Å². The van der Waals surface area contributed by atoms with E-state index >= 15 is 0 Å². The Morgan fingerprint density at radius 3 is 2.79 bits per heavy atom. The number of carbonyl (C=O) groups is 1. The number of hydrogen-bond acceptors (Lipinski definition) is 4.